The standard InChI is InChI=1S/C8H19P/c1-4-8(3,5-2)6-7-9/h4-7,9H2,1-3H3. The van der Waals surface area contributed by atoms with Crippen molar-refractivity contribution < 1.29 is 0 Å². The van der Waals surface area contributed by atoms with Gasteiger partial charge in [0.05, 0.1) is 0 Å². The molecule has 0 N–H and O–H groups in total. The van der Waals surface area contributed by atoms with Crippen molar-refractivity contribution in [2.24, 2.45) is 5.41 Å². The van der Waals surface area contributed by atoms with E-state index in [-0.39, 0.29) is 0 Å². The number of rotatable bonds is 4. The van der Waals surface area contributed by atoms with E-state index < -0.39 is 0 Å². The van der Waals surface area contributed by atoms with Gasteiger partial charge in [-0.15, -0.1) is 9.24 Å². The van der Waals surface area contributed by atoms with Gasteiger partial charge >= 0.3 is 0 Å². The third kappa shape index (κ3) is 3.20. The minimum Gasteiger partial charge on any atom is -0.138 e. The topological polar surface area (TPSA) is 0 Å². The molecule has 0 saturated carbocycles. The largest absolute Gasteiger partial charge is 0.138 e. The lowest BCUT2D eigenvalue weighted by Gasteiger charge is -2.25. The maximum absolute atomic E-state index is 2.80. The maximum Gasteiger partial charge on any atom is -0.0328 e. The lowest BCUT2D eigenvalue weighted by molar-refractivity contribution is 0.289. The zero-order valence-corrected chi connectivity index (χ0v) is 8.06. The molecule has 0 aromatic carbocycles. The van der Waals surface area contributed by atoms with Crippen LogP contribution < -0.4 is 0 Å². The lowest BCUT2D eigenvalue weighted by atomic mass is 9.82. The predicted molar refractivity (Wildman–Crippen MR) is 47.9 cm³/mol. The second-order valence-corrected chi connectivity index (χ2v) is 3.63. The van der Waals surface area contributed by atoms with Crippen LogP contribution in [0.4, 0.5) is 0 Å². The van der Waals surface area contributed by atoms with Crippen LogP contribution in [0.3, 0.4) is 0 Å². The highest BCUT2D eigenvalue weighted by molar-refractivity contribution is 7.16. The molecule has 0 heterocycles. The molecule has 0 aliphatic rings. The zero-order chi connectivity index (χ0) is 7.33. The van der Waals surface area contributed by atoms with E-state index >= 15 is 0 Å². The van der Waals surface area contributed by atoms with Crippen LogP contribution >= 0.6 is 9.24 Å². The van der Waals surface area contributed by atoms with E-state index in [1.54, 1.807) is 0 Å². The van der Waals surface area contributed by atoms with E-state index in [1.165, 1.54) is 25.4 Å². The van der Waals surface area contributed by atoms with Gasteiger partial charge < -0.3 is 0 Å². The van der Waals surface area contributed by atoms with Crippen LogP contribution in [0, 0.1) is 5.41 Å². The van der Waals surface area contributed by atoms with Gasteiger partial charge in [0.15, 0.2) is 0 Å². The smallest absolute Gasteiger partial charge is 0.0328 e. The first-order valence-corrected chi connectivity index (χ1v) is 4.70. The van der Waals surface area contributed by atoms with Gasteiger partial charge in [-0.2, -0.15) is 0 Å². The van der Waals surface area contributed by atoms with Gasteiger partial charge in [-0.05, 0) is 18.0 Å². The van der Waals surface area contributed by atoms with Crippen molar-refractivity contribution in [1.29, 1.82) is 0 Å². The molecule has 9 heavy (non-hydrogen) atoms. The van der Waals surface area contributed by atoms with Crippen molar-refractivity contribution in [1.82, 2.24) is 0 Å². The first-order chi connectivity index (χ1) is 4.18. The Morgan fingerprint density at radius 2 is 1.67 bits per heavy atom. The summed E-state index contributed by atoms with van der Waals surface area (Å²) in [6.07, 6.45) is 5.23. The second-order valence-electron chi connectivity index (χ2n) is 3.06. The SMILES string of the molecule is CCC(C)(CC)CCP. The molecule has 0 aliphatic carbocycles. The molecule has 1 heteroatoms. The fourth-order valence-electron chi connectivity index (χ4n) is 0.952. The molecule has 0 radical (unpaired) electrons. The minimum atomic E-state index is 0.613. The van der Waals surface area contributed by atoms with Crippen LogP contribution in [0.1, 0.15) is 40.0 Å². The third-order valence-corrected chi connectivity index (χ3v) is 2.74. The third-order valence-electron chi connectivity index (χ3n) is 2.45. The molecule has 0 aromatic rings. The summed E-state index contributed by atoms with van der Waals surface area (Å²) in [7, 11) is 2.80. The van der Waals surface area contributed by atoms with E-state index in [0.29, 0.717) is 5.41 Å². The average molecular weight is 146 g/mol. The number of hydrogen-bond acceptors (Lipinski definition) is 0. The minimum absolute atomic E-state index is 0.613. The molecule has 0 rings (SSSR count). The summed E-state index contributed by atoms with van der Waals surface area (Å²) >= 11 is 0. The molecule has 0 fully saturated rings. The molecule has 0 nitrogen and oxygen atoms in total. The Kier molecular flexibility index (Phi) is 4.48. The van der Waals surface area contributed by atoms with Crippen molar-refractivity contribution >= 4 is 9.24 Å². The lowest BCUT2D eigenvalue weighted by Crippen LogP contribution is -2.13. The summed E-state index contributed by atoms with van der Waals surface area (Å²) in [5.74, 6) is 0. The molecule has 0 aromatic heterocycles. The molecule has 0 spiro atoms. The van der Waals surface area contributed by atoms with Crippen LogP contribution in [-0.2, 0) is 0 Å². The van der Waals surface area contributed by atoms with Crippen molar-refractivity contribution in [2.75, 3.05) is 6.16 Å². The zero-order valence-electron chi connectivity index (χ0n) is 6.91. The molecule has 0 bridgehead atoms. The van der Waals surface area contributed by atoms with Gasteiger partial charge in [0.2, 0.25) is 0 Å². The quantitative estimate of drug-likeness (QED) is 0.535. The Balaban J connectivity index is 3.62. The fourth-order valence-corrected chi connectivity index (χ4v) is 1.65. The maximum atomic E-state index is 2.80. The molecule has 0 amide bonds. The first-order valence-electron chi connectivity index (χ1n) is 3.88. The Morgan fingerprint density at radius 3 is 1.78 bits per heavy atom. The van der Waals surface area contributed by atoms with Gasteiger partial charge in [-0.1, -0.05) is 33.6 Å². The highest BCUT2D eigenvalue weighted by atomic mass is 31.0. The Hall–Kier alpha value is 0.430. The Labute approximate surface area is 61.6 Å². The molecule has 56 valence electrons. The summed E-state index contributed by atoms with van der Waals surface area (Å²) in [5.41, 5.74) is 0.613. The van der Waals surface area contributed by atoms with Gasteiger partial charge in [0.25, 0.3) is 0 Å². The normalized spacial score (nSPS) is 12.0. The van der Waals surface area contributed by atoms with Gasteiger partial charge in [0, 0.05) is 0 Å². The van der Waals surface area contributed by atoms with E-state index in [4.69, 9.17) is 0 Å². The average Bonchev–Trinajstić information content (AvgIpc) is 1.89. The summed E-state index contributed by atoms with van der Waals surface area (Å²) in [6.45, 7) is 6.94. The highest BCUT2D eigenvalue weighted by Crippen LogP contribution is 2.29. The molecular formula is C8H19P. The Morgan fingerprint density at radius 1 is 1.22 bits per heavy atom. The van der Waals surface area contributed by atoms with Gasteiger partial charge in [-0.3, -0.25) is 0 Å². The molecule has 0 saturated heterocycles. The first kappa shape index (κ1) is 9.43. The van der Waals surface area contributed by atoms with Gasteiger partial charge in [-0.25, -0.2) is 0 Å². The van der Waals surface area contributed by atoms with E-state index in [2.05, 4.69) is 30.0 Å². The summed E-state index contributed by atoms with van der Waals surface area (Å²) < 4.78 is 0. The fraction of sp³-hybridized carbons (Fsp3) is 1.00. The highest BCUT2D eigenvalue weighted by Gasteiger charge is 2.17. The monoisotopic (exact) mass is 146 g/mol. The van der Waals surface area contributed by atoms with Crippen LogP contribution in [0.5, 0.6) is 0 Å². The van der Waals surface area contributed by atoms with Crippen molar-refractivity contribution in [3.8, 4) is 0 Å². The van der Waals surface area contributed by atoms with E-state index in [9.17, 15) is 0 Å². The van der Waals surface area contributed by atoms with Crippen molar-refractivity contribution in [2.45, 2.75) is 40.0 Å². The Bertz CT molecular complexity index is 65.0. The summed E-state index contributed by atoms with van der Waals surface area (Å²) in [5, 5.41) is 0. The molecule has 0 aliphatic heterocycles. The summed E-state index contributed by atoms with van der Waals surface area (Å²) in [6, 6.07) is 0. The number of hydrogen-bond donors (Lipinski definition) is 0. The molecule has 1 atom stereocenters. The van der Waals surface area contributed by atoms with E-state index in [1.807, 2.05) is 0 Å². The van der Waals surface area contributed by atoms with E-state index in [0.717, 1.165) is 0 Å². The van der Waals surface area contributed by atoms with Crippen molar-refractivity contribution in [3.63, 3.8) is 0 Å². The van der Waals surface area contributed by atoms with Crippen LogP contribution in [-0.4, -0.2) is 6.16 Å². The van der Waals surface area contributed by atoms with Crippen LogP contribution in [0.2, 0.25) is 0 Å². The van der Waals surface area contributed by atoms with Crippen LogP contribution in [0.15, 0.2) is 0 Å². The molecule has 1 unspecified atom stereocenters. The van der Waals surface area contributed by atoms with Crippen LogP contribution in [0.25, 0.3) is 0 Å². The van der Waals surface area contributed by atoms with Gasteiger partial charge in [0.1, 0.15) is 0 Å². The molecular weight excluding hydrogens is 127 g/mol. The predicted octanol–water partition coefficient (Wildman–Crippen LogP) is 3.08. The van der Waals surface area contributed by atoms with Crippen molar-refractivity contribution in [3.05, 3.63) is 0 Å². The summed E-state index contributed by atoms with van der Waals surface area (Å²) in [4.78, 5) is 0. The second kappa shape index (κ2) is 4.28.